The van der Waals surface area contributed by atoms with Gasteiger partial charge in [-0.25, -0.2) is 4.79 Å². The average molecular weight is 300 g/mol. The highest BCUT2D eigenvalue weighted by molar-refractivity contribution is 5.75. The first kappa shape index (κ1) is 15.4. The summed E-state index contributed by atoms with van der Waals surface area (Å²) in [5.74, 6) is 0.818. The quantitative estimate of drug-likeness (QED) is 0.868. The summed E-state index contributed by atoms with van der Waals surface area (Å²) in [5, 5.41) is 3.27. The highest BCUT2D eigenvalue weighted by Crippen LogP contribution is 2.30. The number of hydrogen-bond acceptors (Lipinski definition) is 1. The van der Waals surface area contributed by atoms with Crippen molar-refractivity contribution in [3.63, 3.8) is 0 Å². The number of carbonyl (C=O) groups is 1. The molecule has 3 heteroatoms. The summed E-state index contributed by atoms with van der Waals surface area (Å²) in [6.45, 7) is 2.31. The van der Waals surface area contributed by atoms with Crippen molar-refractivity contribution in [3.8, 4) is 0 Å². The lowest BCUT2D eigenvalue weighted by molar-refractivity contribution is 0.159. The van der Waals surface area contributed by atoms with E-state index in [9.17, 15) is 4.79 Å². The Hall–Kier alpha value is -1.51. The second kappa shape index (κ2) is 6.72. The van der Waals surface area contributed by atoms with Gasteiger partial charge in [-0.3, -0.25) is 0 Å². The maximum Gasteiger partial charge on any atom is 0.317 e. The van der Waals surface area contributed by atoms with Crippen LogP contribution in [0.4, 0.5) is 4.79 Å². The molecule has 0 heterocycles. The number of aryl methyl sites for hydroxylation is 1. The standard InChI is InChI=1S/C19H28N2O/c1-14-10-12-16(13-11-14)21(2)19(22)20-18-9-5-7-15-6-3-4-8-17(15)18/h3-4,6,8,14,16,18H,5,7,9-13H2,1-2H3,(H,20,22). The predicted molar refractivity (Wildman–Crippen MR) is 89.8 cm³/mol. The highest BCUT2D eigenvalue weighted by atomic mass is 16.2. The molecule has 3 rings (SSSR count). The van der Waals surface area contributed by atoms with Crippen molar-refractivity contribution >= 4 is 6.03 Å². The van der Waals surface area contributed by atoms with E-state index in [4.69, 9.17) is 0 Å². The van der Waals surface area contributed by atoms with Crippen LogP contribution >= 0.6 is 0 Å². The van der Waals surface area contributed by atoms with Crippen LogP contribution in [-0.4, -0.2) is 24.0 Å². The zero-order chi connectivity index (χ0) is 15.5. The minimum absolute atomic E-state index is 0.0984. The van der Waals surface area contributed by atoms with Gasteiger partial charge < -0.3 is 10.2 Å². The van der Waals surface area contributed by atoms with Crippen molar-refractivity contribution in [2.24, 2.45) is 5.92 Å². The molecule has 1 aromatic carbocycles. The summed E-state index contributed by atoms with van der Waals surface area (Å²) in [4.78, 5) is 14.6. The first-order chi connectivity index (χ1) is 10.6. The molecule has 0 saturated heterocycles. The van der Waals surface area contributed by atoms with Gasteiger partial charge >= 0.3 is 6.03 Å². The van der Waals surface area contributed by atoms with E-state index in [1.54, 1.807) is 0 Å². The van der Waals surface area contributed by atoms with Crippen LogP contribution < -0.4 is 5.32 Å². The summed E-state index contributed by atoms with van der Waals surface area (Å²) in [7, 11) is 1.96. The number of benzene rings is 1. The van der Waals surface area contributed by atoms with Crippen LogP contribution in [0.25, 0.3) is 0 Å². The van der Waals surface area contributed by atoms with E-state index >= 15 is 0 Å². The van der Waals surface area contributed by atoms with Crippen LogP contribution in [0.3, 0.4) is 0 Å². The molecule has 0 aromatic heterocycles. The molecule has 1 unspecified atom stereocenters. The third-order valence-corrected chi connectivity index (χ3v) is 5.52. The molecular weight excluding hydrogens is 272 g/mol. The molecule has 1 saturated carbocycles. The molecule has 0 aliphatic heterocycles. The molecule has 0 spiro atoms. The van der Waals surface area contributed by atoms with E-state index in [0.29, 0.717) is 6.04 Å². The third kappa shape index (κ3) is 3.29. The molecule has 0 radical (unpaired) electrons. The fourth-order valence-electron chi connectivity index (χ4n) is 3.95. The number of nitrogens with one attached hydrogen (secondary N) is 1. The number of hydrogen-bond donors (Lipinski definition) is 1. The minimum Gasteiger partial charge on any atom is -0.331 e. The molecule has 1 aromatic rings. The first-order valence-electron chi connectivity index (χ1n) is 8.76. The van der Waals surface area contributed by atoms with Gasteiger partial charge in [0.15, 0.2) is 0 Å². The van der Waals surface area contributed by atoms with Crippen molar-refractivity contribution < 1.29 is 4.79 Å². The van der Waals surface area contributed by atoms with Crippen molar-refractivity contribution in [2.45, 2.75) is 64.0 Å². The molecule has 22 heavy (non-hydrogen) atoms. The number of urea groups is 1. The first-order valence-corrected chi connectivity index (χ1v) is 8.76. The van der Waals surface area contributed by atoms with Gasteiger partial charge in [-0.05, 0) is 62.0 Å². The maximum absolute atomic E-state index is 12.6. The van der Waals surface area contributed by atoms with Gasteiger partial charge in [0.25, 0.3) is 0 Å². The monoisotopic (exact) mass is 300 g/mol. The molecule has 2 amide bonds. The third-order valence-electron chi connectivity index (χ3n) is 5.52. The van der Waals surface area contributed by atoms with Crippen LogP contribution in [0.2, 0.25) is 0 Å². The van der Waals surface area contributed by atoms with Gasteiger partial charge in [0.05, 0.1) is 6.04 Å². The summed E-state index contributed by atoms with van der Waals surface area (Å²) in [6.07, 6.45) is 8.13. The fourth-order valence-corrected chi connectivity index (χ4v) is 3.95. The summed E-state index contributed by atoms with van der Waals surface area (Å²) in [6, 6.07) is 9.23. The van der Waals surface area contributed by atoms with E-state index in [1.165, 1.54) is 24.0 Å². The van der Waals surface area contributed by atoms with E-state index < -0.39 is 0 Å². The van der Waals surface area contributed by atoms with Crippen molar-refractivity contribution in [2.75, 3.05) is 7.05 Å². The Kier molecular flexibility index (Phi) is 4.70. The number of fused-ring (bicyclic) bond motifs is 1. The van der Waals surface area contributed by atoms with Crippen molar-refractivity contribution in [3.05, 3.63) is 35.4 Å². The number of amides is 2. The van der Waals surface area contributed by atoms with Crippen LogP contribution in [0.5, 0.6) is 0 Å². The Morgan fingerprint density at radius 3 is 2.64 bits per heavy atom. The van der Waals surface area contributed by atoms with E-state index in [0.717, 1.165) is 38.0 Å². The molecule has 2 aliphatic rings. The lowest BCUT2D eigenvalue weighted by Gasteiger charge is -2.35. The van der Waals surface area contributed by atoms with Gasteiger partial charge in [0.1, 0.15) is 0 Å². The van der Waals surface area contributed by atoms with Gasteiger partial charge in [0, 0.05) is 13.1 Å². The topological polar surface area (TPSA) is 32.3 Å². The van der Waals surface area contributed by atoms with Crippen LogP contribution in [-0.2, 0) is 6.42 Å². The molecule has 1 N–H and O–H groups in total. The fraction of sp³-hybridized carbons (Fsp3) is 0.632. The van der Waals surface area contributed by atoms with Crippen LogP contribution in [0, 0.1) is 5.92 Å². The second-order valence-electron chi connectivity index (χ2n) is 7.12. The Labute approximate surface area is 134 Å². The highest BCUT2D eigenvalue weighted by Gasteiger charge is 2.27. The van der Waals surface area contributed by atoms with Crippen molar-refractivity contribution in [1.29, 1.82) is 0 Å². The van der Waals surface area contributed by atoms with Gasteiger partial charge in [-0.15, -0.1) is 0 Å². The molecule has 1 atom stereocenters. The van der Waals surface area contributed by atoms with Crippen LogP contribution in [0.15, 0.2) is 24.3 Å². The molecular formula is C19H28N2O. The number of nitrogens with zero attached hydrogens (tertiary/aromatic N) is 1. The summed E-state index contributed by atoms with van der Waals surface area (Å²) in [5.41, 5.74) is 2.71. The Bertz CT molecular complexity index is 520. The Morgan fingerprint density at radius 2 is 1.86 bits per heavy atom. The average Bonchev–Trinajstić information content (AvgIpc) is 2.55. The zero-order valence-corrected chi connectivity index (χ0v) is 13.8. The van der Waals surface area contributed by atoms with E-state index in [1.807, 2.05) is 11.9 Å². The zero-order valence-electron chi connectivity index (χ0n) is 13.8. The smallest absolute Gasteiger partial charge is 0.317 e. The lowest BCUT2D eigenvalue weighted by atomic mass is 9.86. The predicted octanol–water partition coefficient (Wildman–Crippen LogP) is 4.28. The molecule has 0 bridgehead atoms. The largest absolute Gasteiger partial charge is 0.331 e. The van der Waals surface area contributed by atoms with Crippen LogP contribution in [0.1, 0.15) is 62.6 Å². The summed E-state index contributed by atoms with van der Waals surface area (Å²) >= 11 is 0. The van der Waals surface area contributed by atoms with Gasteiger partial charge in [-0.1, -0.05) is 31.2 Å². The molecule has 2 aliphatic carbocycles. The SMILES string of the molecule is CC1CCC(N(C)C(=O)NC2CCCc3ccccc32)CC1. The maximum atomic E-state index is 12.6. The molecule has 1 fully saturated rings. The van der Waals surface area contributed by atoms with Gasteiger partial charge in [0.2, 0.25) is 0 Å². The summed E-state index contributed by atoms with van der Waals surface area (Å²) < 4.78 is 0. The normalized spacial score (nSPS) is 27.8. The van der Waals surface area contributed by atoms with Crippen molar-refractivity contribution in [1.82, 2.24) is 10.2 Å². The van der Waals surface area contributed by atoms with Gasteiger partial charge in [-0.2, -0.15) is 0 Å². The second-order valence-corrected chi connectivity index (χ2v) is 7.12. The lowest BCUT2D eigenvalue weighted by Crippen LogP contribution is -2.46. The number of carbonyl (C=O) groups excluding carboxylic acids is 1. The number of rotatable bonds is 2. The minimum atomic E-state index is 0.0984. The Morgan fingerprint density at radius 1 is 1.14 bits per heavy atom. The van der Waals surface area contributed by atoms with E-state index in [-0.39, 0.29) is 12.1 Å². The Balaban J connectivity index is 1.62. The van der Waals surface area contributed by atoms with E-state index in [2.05, 4.69) is 36.5 Å². The molecule has 3 nitrogen and oxygen atoms in total. The molecule has 120 valence electrons.